The second-order valence-electron chi connectivity index (χ2n) is 15.3. The topological polar surface area (TPSA) is 99.4 Å². The number of fused-ring (bicyclic) bond motifs is 1. The first kappa shape index (κ1) is 36.0. The molecule has 5 aromatic rings. The first-order valence-corrected chi connectivity index (χ1v) is 20.8. The van der Waals surface area contributed by atoms with Gasteiger partial charge in [-0.1, -0.05) is 83.5 Å². The van der Waals surface area contributed by atoms with Crippen molar-refractivity contribution in [2.24, 2.45) is 7.05 Å². The SMILES string of the molecule is Cc1ccc(S(=O)(=O)n2ccc3c(-c4cccc(NC(=O)c5ccc(C(C)(C)C)cc5)c4CO[Si](C)(C)C(C)(C)C)cn(C)c(=O)c32)cc1. The molecule has 0 aliphatic rings. The molecule has 2 aromatic heterocycles. The van der Waals surface area contributed by atoms with Gasteiger partial charge in [0.1, 0.15) is 5.52 Å². The highest BCUT2D eigenvalue weighted by atomic mass is 32.2. The highest BCUT2D eigenvalue weighted by Crippen LogP contribution is 2.40. The normalized spacial score (nSPS) is 12.8. The van der Waals surface area contributed by atoms with Gasteiger partial charge in [0.05, 0.1) is 11.5 Å². The number of carbonyl (C=O) groups is 1. The summed E-state index contributed by atoms with van der Waals surface area (Å²) >= 11 is 0. The van der Waals surface area contributed by atoms with Crippen LogP contribution in [0.5, 0.6) is 0 Å². The van der Waals surface area contributed by atoms with Crippen molar-refractivity contribution < 1.29 is 17.6 Å². The molecule has 10 heteroatoms. The highest BCUT2D eigenvalue weighted by molar-refractivity contribution is 7.90. The fourth-order valence-electron chi connectivity index (χ4n) is 5.47. The number of pyridine rings is 1. The third kappa shape index (κ3) is 7.08. The molecule has 0 aliphatic heterocycles. The van der Waals surface area contributed by atoms with Crippen molar-refractivity contribution in [2.75, 3.05) is 5.32 Å². The van der Waals surface area contributed by atoms with Gasteiger partial charge in [0, 0.05) is 47.2 Å². The van der Waals surface area contributed by atoms with Gasteiger partial charge >= 0.3 is 0 Å². The number of aromatic nitrogens is 2. The molecule has 49 heavy (non-hydrogen) atoms. The summed E-state index contributed by atoms with van der Waals surface area (Å²) in [5, 5.41) is 3.54. The number of hydrogen-bond acceptors (Lipinski definition) is 5. The second-order valence-corrected chi connectivity index (χ2v) is 21.9. The van der Waals surface area contributed by atoms with Gasteiger partial charge in [-0.2, -0.15) is 0 Å². The number of nitrogens with one attached hydrogen (secondary N) is 1. The minimum Gasteiger partial charge on any atom is -0.412 e. The number of amides is 1. The van der Waals surface area contributed by atoms with E-state index in [1.54, 1.807) is 43.6 Å². The largest absolute Gasteiger partial charge is 0.412 e. The molecule has 258 valence electrons. The van der Waals surface area contributed by atoms with Crippen LogP contribution in [0.15, 0.2) is 94.9 Å². The Morgan fingerprint density at radius 3 is 2.10 bits per heavy atom. The van der Waals surface area contributed by atoms with E-state index in [4.69, 9.17) is 4.43 Å². The number of carbonyl (C=O) groups excluding carboxylic acids is 1. The Labute approximate surface area is 290 Å². The van der Waals surface area contributed by atoms with E-state index in [2.05, 4.69) is 60.0 Å². The molecule has 1 amide bonds. The van der Waals surface area contributed by atoms with Crippen molar-refractivity contribution >= 4 is 40.8 Å². The van der Waals surface area contributed by atoms with Crippen LogP contribution < -0.4 is 10.9 Å². The average molecular weight is 698 g/mol. The molecule has 8 nitrogen and oxygen atoms in total. The number of rotatable bonds is 8. The molecular weight excluding hydrogens is 651 g/mol. The molecule has 0 radical (unpaired) electrons. The van der Waals surface area contributed by atoms with Crippen LogP contribution in [0, 0.1) is 6.92 Å². The Morgan fingerprint density at radius 1 is 0.878 bits per heavy atom. The predicted molar refractivity (Wildman–Crippen MR) is 201 cm³/mol. The molecule has 0 spiro atoms. The highest BCUT2D eigenvalue weighted by Gasteiger charge is 2.37. The van der Waals surface area contributed by atoms with Gasteiger partial charge in [-0.3, -0.25) is 9.59 Å². The van der Waals surface area contributed by atoms with E-state index < -0.39 is 23.9 Å². The fraction of sp³-hybridized carbons (Fsp3) is 0.333. The van der Waals surface area contributed by atoms with E-state index in [9.17, 15) is 18.0 Å². The van der Waals surface area contributed by atoms with Crippen LogP contribution in [0.4, 0.5) is 5.69 Å². The summed E-state index contributed by atoms with van der Waals surface area (Å²) in [5.74, 6) is -0.257. The predicted octanol–water partition coefficient (Wildman–Crippen LogP) is 8.62. The molecule has 5 rings (SSSR count). The lowest BCUT2D eigenvalue weighted by atomic mass is 9.86. The maximum atomic E-state index is 13.8. The number of anilines is 1. The Hall–Kier alpha value is -4.25. The van der Waals surface area contributed by atoms with E-state index in [0.29, 0.717) is 22.2 Å². The Morgan fingerprint density at radius 2 is 1.51 bits per heavy atom. The Balaban J connectivity index is 1.67. The van der Waals surface area contributed by atoms with Gasteiger partial charge in [0.2, 0.25) is 0 Å². The first-order chi connectivity index (χ1) is 22.7. The summed E-state index contributed by atoms with van der Waals surface area (Å²) in [7, 11) is -4.71. The molecule has 0 atom stereocenters. The summed E-state index contributed by atoms with van der Waals surface area (Å²) in [6, 6.07) is 21.5. The van der Waals surface area contributed by atoms with Crippen molar-refractivity contribution in [1.82, 2.24) is 8.54 Å². The van der Waals surface area contributed by atoms with E-state index in [1.807, 2.05) is 49.4 Å². The monoisotopic (exact) mass is 697 g/mol. The molecule has 0 unspecified atom stereocenters. The third-order valence-corrected chi connectivity index (χ3v) is 15.8. The van der Waals surface area contributed by atoms with E-state index in [0.717, 1.165) is 26.2 Å². The third-order valence-electron chi connectivity index (χ3n) is 9.68. The molecule has 0 aliphatic carbocycles. The molecular formula is C39H47N3O5SSi. The van der Waals surface area contributed by atoms with Crippen LogP contribution in [-0.2, 0) is 33.5 Å². The summed E-state index contributed by atoms with van der Waals surface area (Å²) in [5.41, 5.74) is 4.83. The number of hydrogen-bond donors (Lipinski definition) is 1. The molecule has 0 fully saturated rings. The van der Waals surface area contributed by atoms with Gasteiger partial charge < -0.3 is 14.3 Å². The maximum Gasteiger partial charge on any atom is 0.275 e. The quantitative estimate of drug-likeness (QED) is 0.164. The van der Waals surface area contributed by atoms with E-state index in [1.165, 1.54) is 10.8 Å². The number of aryl methyl sites for hydroxylation is 2. The maximum absolute atomic E-state index is 13.8. The Bertz CT molecular complexity index is 2200. The van der Waals surface area contributed by atoms with Crippen molar-refractivity contribution in [3.05, 3.63) is 118 Å². The van der Waals surface area contributed by atoms with Gasteiger partial charge in [-0.05, 0) is 78.0 Å². The van der Waals surface area contributed by atoms with E-state index in [-0.39, 0.29) is 33.4 Å². The van der Waals surface area contributed by atoms with Crippen molar-refractivity contribution in [3.63, 3.8) is 0 Å². The summed E-state index contributed by atoms with van der Waals surface area (Å²) in [6.45, 7) is 19.3. The average Bonchev–Trinajstić information content (AvgIpc) is 3.48. The van der Waals surface area contributed by atoms with Gasteiger partial charge in [-0.25, -0.2) is 12.4 Å². The zero-order valence-corrected chi connectivity index (χ0v) is 32.0. The molecule has 0 saturated carbocycles. The smallest absolute Gasteiger partial charge is 0.275 e. The van der Waals surface area contributed by atoms with Gasteiger partial charge in [0.15, 0.2) is 8.32 Å². The molecule has 0 bridgehead atoms. The van der Waals surface area contributed by atoms with E-state index >= 15 is 0 Å². The zero-order chi connectivity index (χ0) is 36.1. The van der Waals surface area contributed by atoms with Crippen LogP contribution in [0.3, 0.4) is 0 Å². The number of nitrogens with zero attached hydrogens (tertiary/aromatic N) is 2. The molecule has 2 heterocycles. The number of benzene rings is 3. The van der Waals surface area contributed by atoms with Crippen LogP contribution in [0.25, 0.3) is 22.0 Å². The van der Waals surface area contributed by atoms with Crippen molar-refractivity contribution in [1.29, 1.82) is 0 Å². The minimum absolute atomic E-state index is 0.0445. The van der Waals surface area contributed by atoms with Crippen molar-refractivity contribution in [3.8, 4) is 11.1 Å². The zero-order valence-electron chi connectivity index (χ0n) is 30.1. The molecule has 3 aromatic carbocycles. The van der Waals surface area contributed by atoms with Gasteiger partial charge in [0.25, 0.3) is 21.5 Å². The molecule has 1 N–H and O–H groups in total. The van der Waals surface area contributed by atoms with Crippen molar-refractivity contribution in [2.45, 2.75) is 83.5 Å². The van der Waals surface area contributed by atoms with Crippen LogP contribution in [0.2, 0.25) is 18.1 Å². The van der Waals surface area contributed by atoms with Gasteiger partial charge in [-0.15, -0.1) is 0 Å². The summed E-state index contributed by atoms with van der Waals surface area (Å²) in [6.07, 6.45) is 3.15. The first-order valence-electron chi connectivity index (χ1n) is 16.4. The van der Waals surface area contributed by atoms with Crippen LogP contribution in [-0.4, -0.2) is 31.2 Å². The summed E-state index contributed by atoms with van der Waals surface area (Å²) < 4.78 is 36.9. The van der Waals surface area contributed by atoms with Crippen LogP contribution in [0.1, 0.15) is 68.6 Å². The lowest BCUT2D eigenvalue weighted by molar-refractivity contribution is 0.102. The fourth-order valence-corrected chi connectivity index (χ4v) is 7.75. The second kappa shape index (κ2) is 12.9. The Kier molecular flexibility index (Phi) is 9.48. The minimum atomic E-state index is -4.07. The molecule has 0 saturated heterocycles. The summed E-state index contributed by atoms with van der Waals surface area (Å²) in [4.78, 5) is 27.4. The standard InChI is InChI=1S/C39H47N3O5SSi/c1-26-14-20-29(21-15-26)48(45,46)42-23-22-31-32(24-41(8)37(44)35(31)42)30-12-11-13-34(33(30)25-47-49(9,10)39(5,6)7)40-36(43)27-16-18-28(19-17-27)38(2,3)4/h11-24H,25H2,1-10H3,(H,40,43). The van der Waals surface area contributed by atoms with Crippen LogP contribution >= 0.6 is 0 Å². The lowest BCUT2D eigenvalue weighted by Gasteiger charge is -2.36. The lowest BCUT2D eigenvalue weighted by Crippen LogP contribution is -2.40.